The van der Waals surface area contributed by atoms with Crippen molar-refractivity contribution in [2.24, 2.45) is 5.92 Å². The van der Waals surface area contributed by atoms with Gasteiger partial charge in [-0.15, -0.1) is 0 Å². The molecule has 19 heavy (non-hydrogen) atoms. The lowest BCUT2D eigenvalue weighted by atomic mass is 9.91. The van der Waals surface area contributed by atoms with E-state index in [1.54, 1.807) is 0 Å². The SMILES string of the molecule is CNC(Cc1ccc2ccccc2c1)C1CCCC1. The molecule has 3 rings (SSSR count). The third-order valence-electron chi connectivity index (χ3n) is 4.61. The van der Waals surface area contributed by atoms with E-state index in [9.17, 15) is 0 Å². The minimum absolute atomic E-state index is 0.642. The lowest BCUT2D eigenvalue weighted by Gasteiger charge is -2.23. The minimum atomic E-state index is 0.642. The summed E-state index contributed by atoms with van der Waals surface area (Å²) < 4.78 is 0. The van der Waals surface area contributed by atoms with Crippen LogP contribution >= 0.6 is 0 Å². The fourth-order valence-electron chi connectivity index (χ4n) is 3.48. The number of hydrogen-bond acceptors (Lipinski definition) is 1. The molecule has 2 aromatic rings. The summed E-state index contributed by atoms with van der Waals surface area (Å²) in [5, 5.41) is 6.24. The smallest absolute Gasteiger partial charge is 0.0133 e. The van der Waals surface area contributed by atoms with Gasteiger partial charge in [-0.1, -0.05) is 55.3 Å². The van der Waals surface area contributed by atoms with Gasteiger partial charge >= 0.3 is 0 Å². The molecule has 1 heteroatoms. The fraction of sp³-hybridized carbons (Fsp3) is 0.444. The first kappa shape index (κ1) is 12.7. The van der Waals surface area contributed by atoms with Gasteiger partial charge < -0.3 is 5.32 Å². The largest absolute Gasteiger partial charge is 0.316 e. The first-order chi connectivity index (χ1) is 9.36. The van der Waals surface area contributed by atoms with Crippen molar-refractivity contribution in [1.82, 2.24) is 5.32 Å². The van der Waals surface area contributed by atoms with Crippen LogP contribution in [0.1, 0.15) is 31.2 Å². The highest BCUT2D eigenvalue weighted by Crippen LogP contribution is 2.29. The standard InChI is InChI=1S/C18H23N/c1-19-18(16-7-3-4-8-16)13-14-10-11-15-6-2-5-9-17(15)12-14/h2,5-6,9-12,16,18-19H,3-4,7-8,13H2,1H3. The summed E-state index contributed by atoms with van der Waals surface area (Å²) in [4.78, 5) is 0. The van der Waals surface area contributed by atoms with Crippen LogP contribution in [-0.2, 0) is 6.42 Å². The van der Waals surface area contributed by atoms with Crippen molar-refractivity contribution >= 4 is 10.8 Å². The molecule has 1 aliphatic carbocycles. The summed E-state index contributed by atoms with van der Waals surface area (Å²) in [6.45, 7) is 0. The van der Waals surface area contributed by atoms with Gasteiger partial charge in [0.15, 0.2) is 0 Å². The van der Waals surface area contributed by atoms with Crippen LogP contribution < -0.4 is 5.32 Å². The van der Waals surface area contributed by atoms with Crippen molar-refractivity contribution < 1.29 is 0 Å². The summed E-state index contributed by atoms with van der Waals surface area (Å²) in [6.07, 6.45) is 6.80. The Kier molecular flexibility index (Phi) is 3.84. The molecule has 0 amide bonds. The van der Waals surface area contributed by atoms with E-state index >= 15 is 0 Å². The van der Waals surface area contributed by atoms with E-state index in [4.69, 9.17) is 0 Å². The lowest BCUT2D eigenvalue weighted by Crippen LogP contribution is -2.34. The molecule has 1 unspecified atom stereocenters. The number of nitrogens with one attached hydrogen (secondary N) is 1. The molecule has 1 atom stereocenters. The molecule has 100 valence electrons. The number of fused-ring (bicyclic) bond motifs is 1. The van der Waals surface area contributed by atoms with Crippen LogP contribution in [0.25, 0.3) is 10.8 Å². The molecule has 1 N–H and O–H groups in total. The number of hydrogen-bond donors (Lipinski definition) is 1. The van der Waals surface area contributed by atoms with E-state index in [-0.39, 0.29) is 0 Å². The van der Waals surface area contributed by atoms with Crippen molar-refractivity contribution in [3.63, 3.8) is 0 Å². The van der Waals surface area contributed by atoms with Crippen molar-refractivity contribution in [2.75, 3.05) is 7.05 Å². The Morgan fingerprint density at radius 1 is 1.05 bits per heavy atom. The Bertz CT molecular complexity index is 540. The molecule has 0 aliphatic heterocycles. The Morgan fingerprint density at radius 3 is 2.53 bits per heavy atom. The third-order valence-corrected chi connectivity index (χ3v) is 4.61. The van der Waals surface area contributed by atoms with Crippen LogP contribution in [0.5, 0.6) is 0 Å². The lowest BCUT2D eigenvalue weighted by molar-refractivity contribution is 0.377. The van der Waals surface area contributed by atoms with Crippen LogP contribution in [0.15, 0.2) is 42.5 Å². The van der Waals surface area contributed by atoms with Crippen LogP contribution in [0.2, 0.25) is 0 Å². The molecule has 0 heterocycles. The quantitative estimate of drug-likeness (QED) is 0.862. The van der Waals surface area contributed by atoms with Gasteiger partial charge in [-0.3, -0.25) is 0 Å². The van der Waals surface area contributed by atoms with Crippen LogP contribution in [0.3, 0.4) is 0 Å². The molecule has 1 fully saturated rings. The number of benzene rings is 2. The van der Waals surface area contributed by atoms with Gasteiger partial charge in [0.1, 0.15) is 0 Å². The average molecular weight is 253 g/mol. The first-order valence-corrected chi connectivity index (χ1v) is 7.52. The topological polar surface area (TPSA) is 12.0 Å². The van der Waals surface area contributed by atoms with Crippen LogP contribution in [0.4, 0.5) is 0 Å². The van der Waals surface area contributed by atoms with Crippen molar-refractivity contribution in [3.05, 3.63) is 48.0 Å². The molecule has 0 bridgehead atoms. The molecule has 0 aromatic heterocycles. The van der Waals surface area contributed by atoms with Gasteiger partial charge in [0, 0.05) is 6.04 Å². The van der Waals surface area contributed by atoms with Crippen molar-refractivity contribution in [1.29, 1.82) is 0 Å². The zero-order valence-corrected chi connectivity index (χ0v) is 11.7. The monoisotopic (exact) mass is 253 g/mol. The molecule has 1 saturated carbocycles. The predicted octanol–water partition coefficient (Wildman–Crippen LogP) is 4.16. The van der Waals surface area contributed by atoms with Gasteiger partial charge in [-0.2, -0.15) is 0 Å². The summed E-state index contributed by atoms with van der Waals surface area (Å²) in [5.41, 5.74) is 1.46. The third kappa shape index (κ3) is 2.82. The second-order valence-electron chi connectivity index (χ2n) is 5.83. The average Bonchev–Trinajstić information content (AvgIpc) is 2.98. The Labute approximate surface area is 116 Å². The normalized spacial score (nSPS) is 17.9. The van der Waals surface area contributed by atoms with Gasteiger partial charge in [0.05, 0.1) is 0 Å². The van der Waals surface area contributed by atoms with Gasteiger partial charge in [-0.25, -0.2) is 0 Å². The van der Waals surface area contributed by atoms with Gasteiger partial charge in [0.2, 0.25) is 0 Å². The highest BCUT2D eigenvalue weighted by molar-refractivity contribution is 5.82. The molecule has 1 aliphatic rings. The summed E-state index contributed by atoms with van der Waals surface area (Å²) in [5.74, 6) is 0.872. The highest BCUT2D eigenvalue weighted by atomic mass is 14.9. The first-order valence-electron chi connectivity index (χ1n) is 7.52. The summed E-state index contributed by atoms with van der Waals surface area (Å²) >= 11 is 0. The molecular weight excluding hydrogens is 230 g/mol. The number of rotatable bonds is 4. The molecule has 2 aromatic carbocycles. The molecule has 0 radical (unpaired) electrons. The Morgan fingerprint density at radius 2 is 1.79 bits per heavy atom. The zero-order chi connectivity index (χ0) is 13.1. The molecule has 0 saturated heterocycles. The van der Waals surface area contributed by atoms with E-state index in [0.29, 0.717) is 6.04 Å². The maximum atomic E-state index is 3.54. The molecule has 1 nitrogen and oxygen atoms in total. The van der Waals surface area contributed by atoms with E-state index in [1.165, 1.54) is 42.0 Å². The van der Waals surface area contributed by atoms with E-state index < -0.39 is 0 Å². The van der Waals surface area contributed by atoms with E-state index in [1.807, 2.05) is 0 Å². The van der Waals surface area contributed by atoms with Gasteiger partial charge in [-0.05, 0) is 48.6 Å². The van der Waals surface area contributed by atoms with Crippen molar-refractivity contribution in [2.45, 2.75) is 38.1 Å². The minimum Gasteiger partial charge on any atom is -0.316 e. The van der Waals surface area contributed by atoms with E-state index in [2.05, 4.69) is 54.8 Å². The Hall–Kier alpha value is -1.34. The fourth-order valence-corrected chi connectivity index (χ4v) is 3.48. The highest BCUT2D eigenvalue weighted by Gasteiger charge is 2.23. The zero-order valence-electron chi connectivity index (χ0n) is 11.7. The summed E-state index contributed by atoms with van der Waals surface area (Å²) in [6, 6.07) is 16.2. The molecular formula is C18H23N. The molecule has 0 spiro atoms. The maximum absolute atomic E-state index is 3.54. The van der Waals surface area contributed by atoms with E-state index in [0.717, 1.165) is 12.3 Å². The van der Waals surface area contributed by atoms with Gasteiger partial charge in [0.25, 0.3) is 0 Å². The second-order valence-corrected chi connectivity index (χ2v) is 5.83. The van der Waals surface area contributed by atoms with Crippen molar-refractivity contribution in [3.8, 4) is 0 Å². The number of likely N-dealkylation sites (N-methyl/N-ethyl adjacent to an activating group) is 1. The van der Waals surface area contributed by atoms with Crippen LogP contribution in [0, 0.1) is 5.92 Å². The summed E-state index contributed by atoms with van der Waals surface area (Å²) in [7, 11) is 2.12. The second kappa shape index (κ2) is 5.75. The van der Waals surface area contributed by atoms with Crippen LogP contribution in [-0.4, -0.2) is 13.1 Å². The predicted molar refractivity (Wildman–Crippen MR) is 82.5 cm³/mol. The Balaban J connectivity index is 1.79. The maximum Gasteiger partial charge on any atom is 0.0133 e.